The molecule has 2 fully saturated rings. The van der Waals surface area contributed by atoms with Crippen LogP contribution >= 0.6 is 0 Å². The third-order valence-electron chi connectivity index (χ3n) is 6.17. The van der Waals surface area contributed by atoms with Gasteiger partial charge in [-0.15, -0.1) is 0 Å². The van der Waals surface area contributed by atoms with E-state index in [4.69, 9.17) is 0 Å². The smallest absolute Gasteiger partial charge is 0.247 e. The third kappa shape index (κ3) is 4.10. The summed E-state index contributed by atoms with van der Waals surface area (Å²) in [4.78, 5) is 25.1. The number of hydrogen-bond acceptors (Lipinski definition) is 5. The number of rotatable bonds is 5. The van der Waals surface area contributed by atoms with Gasteiger partial charge < -0.3 is 26.4 Å². The zero-order chi connectivity index (χ0) is 18.7. The SMILES string of the molecule is CC1=C(CC(=O)N[C@H](CO)C2CCCCN2)C(=O)NC2CCNC(C)C12. The number of hydrogen-bond donors (Lipinski definition) is 5. The Labute approximate surface area is 155 Å². The normalized spacial score (nSPS) is 33.3. The molecule has 7 heteroatoms. The van der Waals surface area contributed by atoms with Gasteiger partial charge in [0.2, 0.25) is 11.8 Å². The van der Waals surface area contributed by atoms with Crippen molar-refractivity contribution in [3.05, 3.63) is 11.1 Å². The largest absolute Gasteiger partial charge is 0.394 e. The van der Waals surface area contributed by atoms with Gasteiger partial charge in [-0.2, -0.15) is 0 Å². The fourth-order valence-electron chi connectivity index (χ4n) is 4.73. The van der Waals surface area contributed by atoms with E-state index in [1.807, 2.05) is 6.92 Å². The zero-order valence-electron chi connectivity index (χ0n) is 15.8. The first kappa shape index (κ1) is 19.3. The molecule has 3 aliphatic heterocycles. The molecule has 5 N–H and O–H groups in total. The van der Waals surface area contributed by atoms with Gasteiger partial charge in [0, 0.05) is 29.6 Å². The molecule has 0 aromatic heterocycles. The summed E-state index contributed by atoms with van der Waals surface area (Å²) >= 11 is 0. The van der Waals surface area contributed by atoms with E-state index in [1.54, 1.807) is 0 Å². The summed E-state index contributed by atoms with van der Waals surface area (Å²) in [6.07, 6.45) is 4.16. The maximum atomic E-state index is 12.6. The summed E-state index contributed by atoms with van der Waals surface area (Å²) in [6.45, 7) is 5.83. The molecule has 3 aliphatic rings. The molecule has 0 bridgehead atoms. The second kappa shape index (κ2) is 8.50. The van der Waals surface area contributed by atoms with E-state index in [1.165, 1.54) is 0 Å². The van der Waals surface area contributed by atoms with Crippen LogP contribution in [0.4, 0.5) is 0 Å². The van der Waals surface area contributed by atoms with E-state index in [0.29, 0.717) is 5.57 Å². The summed E-state index contributed by atoms with van der Waals surface area (Å²) in [5.41, 5.74) is 1.59. The van der Waals surface area contributed by atoms with Crippen LogP contribution in [0.15, 0.2) is 11.1 Å². The minimum absolute atomic E-state index is 0.0663. The first-order valence-corrected chi connectivity index (χ1v) is 9.88. The highest BCUT2D eigenvalue weighted by atomic mass is 16.3. The van der Waals surface area contributed by atoms with Crippen LogP contribution in [-0.2, 0) is 9.59 Å². The van der Waals surface area contributed by atoms with Crippen molar-refractivity contribution >= 4 is 11.8 Å². The predicted octanol–water partition coefficient (Wildman–Crippen LogP) is -0.191. The van der Waals surface area contributed by atoms with Crippen LogP contribution in [0.25, 0.3) is 0 Å². The second-order valence-electron chi connectivity index (χ2n) is 7.89. The lowest BCUT2D eigenvalue weighted by atomic mass is 9.76. The Bertz CT molecular complexity index is 571. The van der Waals surface area contributed by atoms with Crippen LogP contribution in [0.5, 0.6) is 0 Å². The number of fused-ring (bicyclic) bond motifs is 1. The van der Waals surface area contributed by atoms with Crippen LogP contribution in [0, 0.1) is 5.92 Å². The van der Waals surface area contributed by atoms with Crippen molar-refractivity contribution in [3.8, 4) is 0 Å². The van der Waals surface area contributed by atoms with Crippen LogP contribution in [-0.4, -0.2) is 60.8 Å². The Morgan fingerprint density at radius 2 is 2.08 bits per heavy atom. The van der Waals surface area contributed by atoms with Crippen LogP contribution in [0.1, 0.15) is 46.0 Å². The van der Waals surface area contributed by atoms with Crippen molar-refractivity contribution in [2.75, 3.05) is 19.7 Å². The van der Waals surface area contributed by atoms with Gasteiger partial charge in [0.05, 0.1) is 19.1 Å². The summed E-state index contributed by atoms with van der Waals surface area (Å²) in [6, 6.07) is 0.226. The number of nitrogens with one attached hydrogen (secondary N) is 4. The number of piperidine rings is 2. The molecule has 4 unspecified atom stereocenters. The van der Waals surface area contributed by atoms with E-state index in [-0.39, 0.29) is 54.9 Å². The average Bonchev–Trinajstić information content (AvgIpc) is 2.63. The molecule has 0 aromatic rings. The lowest BCUT2D eigenvalue weighted by Crippen LogP contribution is -2.58. The Kier molecular flexibility index (Phi) is 6.32. The quantitative estimate of drug-likeness (QED) is 0.465. The first-order chi connectivity index (χ1) is 12.5. The lowest BCUT2D eigenvalue weighted by Gasteiger charge is -2.42. The number of amides is 2. The Morgan fingerprint density at radius 1 is 1.27 bits per heavy atom. The van der Waals surface area contributed by atoms with Gasteiger partial charge in [0.1, 0.15) is 0 Å². The summed E-state index contributed by atoms with van der Waals surface area (Å²) < 4.78 is 0. The van der Waals surface area contributed by atoms with Crippen molar-refractivity contribution in [1.82, 2.24) is 21.3 Å². The van der Waals surface area contributed by atoms with Crippen molar-refractivity contribution in [2.45, 2.75) is 70.1 Å². The van der Waals surface area contributed by atoms with Gasteiger partial charge >= 0.3 is 0 Å². The first-order valence-electron chi connectivity index (χ1n) is 9.88. The Balaban J connectivity index is 1.67. The summed E-state index contributed by atoms with van der Waals surface area (Å²) in [7, 11) is 0. The van der Waals surface area contributed by atoms with Crippen LogP contribution < -0.4 is 21.3 Å². The average molecular weight is 364 g/mol. The highest BCUT2D eigenvalue weighted by molar-refractivity contribution is 6.00. The van der Waals surface area contributed by atoms with Crippen molar-refractivity contribution < 1.29 is 14.7 Å². The lowest BCUT2D eigenvalue weighted by molar-refractivity contribution is -0.125. The van der Waals surface area contributed by atoms with E-state index in [2.05, 4.69) is 28.2 Å². The molecule has 0 radical (unpaired) electrons. The molecule has 146 valence electrons. The van der Waals surface area contributed by atoms with E-state index in [9.17, 15) is 14.7 Å². The molecule has 0 aliphatic carbocycles. The number of aliphatic hydroxyl groups excluding tert-OH is 1. The van der Waals surface area contributed by atoms with Gasteiger partial charge in [-0.05, 0) is 46.2 Å². The third-order valence-corrected chi connectivity index (χ3v) is 6.17. The number of carbonyl (C=O) groups excluding carboxylic acids is 2. The molecule has 3 rings (SSSR count). The van der Waals surface area contributed by atoms with E-state index in [0.717, 1.165) is 44.3 Å². The molecule has 3 heterocycles. The second-order valence-corrected chi connectivity index (χ2v) is 7.89. The minimum Gasteiger partial charge on any atom is -0.394 e. The van der Waals surface area contributed by atoms with Crippen molar-refractivity contribution in [1.29, 1.82) is 0 Å². The zero-order valence-corrected chi connectivity index (χ0v) is 15.8. The maximum Gasteiger partial charge on any atom is 0.247 e. The van der Waals surface area contributed by atoms with Gasteiger partial charge in [-0.25, -0.2) is 0 Å². The number of aliphatic hydroxyl groups is 1. The van der Waals surface area contributed by atoms with Gasteiger partial charge in [0.15, 0.2) is 0 Å². The highest BCUT2D eigenvalue weighted by Gasteiger charge is 2.39. The fourth-order valence-corrected chi connectivity index (χ4v) is 4.73. The molecule has 7 nitrogen and oxygen atoms in total. The molecular weight excluding hydrogens is 332 g/mol. The Morgan fingerprint density at radius 3 is 2.77 bits per heavy atom. The minimum atomic E-state index is -0.307. The summed E-state index contributed by atoms with van der Waals surface area (Å²) in [5, 5.41) is 22.5. The molecular formula is C19H32N4O3. The maximum absolute atomic E-state index is 12.6. The highest BCUT2D eigenvalue weighted by Crippen LogP contribution is 2.32. The Hall–Kier alpha value is -1.44. The van der Waals surface area contributed by atoms with Crippen molar-refractivity contribution in [3.63, 3.8) is 0 Å². The van der Waals surface area contributed by atoms with E-state index >= 15 is 0 Å². The molecule has 0 saturated carbocycles. The topological polar surface area (TPSA) is 102 Å². The fraction of sp³-hybridized carbons (Fsp3) is 0.789. The molecule has 5 atom stereocenters. The predicted molar refractivity (Wildman–Crippen MR) is 99.5 cm³/mol. The van der Waals surface area contributed by atoms with Gasteiger partial charge in [0.25, 0.3) is 0 Å². The van der Waals surface area contributed by atoms with Gasteiger partial charge in [-0.3, -0.25) is 9.59 Å². The van der Waals surface area contributed by atoms with E-state index < -0.39 is 0 Å². The van der Waals surface area contributed by atoms with Gasteiger partial charge in [-0.1, -0.05) is 12.0 Å². The number of carbonyl (C=O) groups is 2. The molecule has 26 heavy (non-hydrogen) atoms. The monoisotopic (exact) mass is 364 g/mol. The molecule has 0 spiro atoms. The van der Waals surface area contributed by atoms with Crippen molar-refractivity contribution in [2.24, 2.45) is 5.92 Å². The molecule has 2 amide bonds. The summed E-state index contributed by atoms with van der Waals surface area (Å²) in [5.74, 6) is -0.0852. The molecule has 0 aromatic carbocycles. The van der Waals surface area contributed by atoms with Crippen LogP contribution in [0.2, 0.25) is 0 Å². The molecule has 2 saturated heterocycles. The standard InChI is InChI=1S/C19H32N4O3/c1-11-13(19(26)23-15-6-8-20-12(2)18(11)15)9-17(25)22-16(10-24)14-5-3-4-7-21-14/h12,14-16,18,20-21,24H,3-10H2,1-2H3,(H,22,25)(H,23,26)/t12?,14?,15?,16-,18?/m1/s1. The van der Waals surface area contributed by atoms with Crippen LogP contribution in [0.3, 0.4) is 0 Å².